The highest BCUT2D eigenvalue weighted by atomic mass is 79.9. The van der Waals surface area contributed by atoms with Gasteiger partial charge < -0.3 is 5.32 Å². The number of halogens is 3. The van der Waals surface area contributed by atoms with Crippen LogP contribution in [0.2, 0.25) is 5.02 Å². The third-order valence-electron chi connectivity index (χ3n) is 2.91. The predicted octanol–water partition coefficient (Wildman–Crippen LogP) is 4.73. The van der Waals surface area contributed by atoms with Gasteiger partial charge in [0.25, 0.3) is 5.91 Å². The number of benzene rings is 2. The van der Waals surface area contributed by atoms with Gasteiger partial charge in [-0.25, -0.2) is 4.39 Å². The highest BCUT2D eigenvalue weighted by molar-refractivity contribution is 9.10. The molecule has 2 rings (SSSR count). The normalized spacial score (nSPS) is 12.0. The number of hydrogen-bond donors (Lipinski definition) is 1. The van der Waals surface area contributed by atoms with Gasteiger partial charge in [0.15, 0.2) is 0 Å². The van der Waals surface area contributed by atoms with E-state index < -0.39 is 11.7 Å². The Kier molecular flexibility index (Phi) is 4.78. The SMILES string of the molecule is CC(NC(=O)c1c(F)cccc1Br)c1ccc(Cl)cc1. The van der Waals surface area contributed by atoms with Crippen molar-refractivity contribution in [1.82, 2.24) is 5.32 Å². The van der Waals surface area contributed by atoms with Crippen molar-refractivity contribution in [2.75, 3.05) is 0 Å². The molecule has 0 aliphatic carbocycles. The van der Waals surface area contributed by atoms with Gasteiger partial charge >= 0.3 is 0 Å². The zero-order valence-electron chi connectivity index (χ0n) is 10.7. The van der Waals surface area contributed by atoms with E-state index in [-0.39, 0.29) is 11.6 Å². The van der Waals surface area contributed by atoms with Crippen LogP contribution in [0.5, 0.6) is 0 Å². The average molecular weight is 357 g/mol. The topological polar surface area (TPSA) is 29.1 Å². The summed E-state index contributed by atoms with van der Waals surface area (Å²) in [5.74, 6) is -1.02. The zero-order valence-corrected chi connectivity index (χ0v) is 13.0. The molecule has 0 radical (unpaired) electrons. The van der Waals surface area contributed by atoms with Crippen molar-refractivity contribution in [2.24, 2.45) is 0 Å². The number of amides is 1. The molecule has 2 aromatic rings. The standard InChI is InChI=1S/C15H12BrClFNO/c1-9(10-5-7-11(17)8-6-10)19-15(20)14-12(16)3-2-4-13(14)18/h2-9H,1H3,(H,19,20). The minimum absolute atomic E-state index is 0.00770. The van der Waals surface area contributed by atoms with E-state index in [0.29, 0.717) is 9.50 Å². The van der Waals surface area contributed by atoms with E-state index in [1.807, 2.05) is 19.1 Å². The Labute approximate surface area is 130 Å². The summed E-state index contributed by atoms with van der Waals surface area (Å²) in [6.07, 6.45) is 0. The van der Waals surface area contributed by atoms with Gasteiger partial charge in [-0.2, -0.15) is 0 Å². The molecule has 5 heteroatoms. The molecule has 0 aliphatic rings. The summed E-state index contributed by atoms with van der Waals surface area (Å²) in [6, 6.07) is 11.3. The van der Waals surface area contributed by atoms with Crippen LogP contribution in [0.4, 0.5) is 4.39 Å². The van der Waals surface area contributed by atoms with Crippen molar-refractivity contribution in [3.8, 4) is 0 Å². The van der Waals surface area contributed by atoms with Crippen LogP contribution in [0.3, 0.4) is 0 Å². The van der Waals surface area contributed by atoms with E-state index in [1.165, 1.54) is 6.07 Å². The fraction of sp³-hybridized carbons (Fsp3) is 0.133. The van der Waals surface area contributed by atoms with Gasteiger partial charge in [-0.05, 0) is 52.7 Å². The number of carbonyl (C=O) groups is 1. The first-order valence-electron chi connectivity index (χ1n) is 5.99. The van der Waals surface area contributed by atoms with Gasteiger partial charge in [0.05, 0.1) is 11.6 Å². The zero-order chi connectivity index (χ0) is 14.7. The second-order valence-electron chi connectivity index (χ2n) is 4.34. The number of hydrogen-bond acceptors (Lipinski definition) is 1. The molecule has 0 spiro atoms. The van der Waals surface area contributed by atoms with Crippen LogP contribution in [0.25, 0.3) is 0 Å². The van der Waals surface area contributed by atoms with Crippen molar-refractivity contribution in [3.05, 3.63) is 68.9 Å². The first kappa shape index (κ1) is 15.0. The van der Waals surface area contributed by atoms with E-state index in [1.54, 1.807) is 24.3 Å². The lowest BCUT2D eigenvalue weighted by Crippen LogP contribution is -2.27. The van der Waals surface area contributed by atoms with Crippen LogP contribution in [0.15, 0.2) is 46.9 Å². The summed E-state index contributed by atoms with van der Waals surface area (Å²) in [6.45, 7) is 1.83. The van der Waals surface area contributed by atoms with Gasteiger partial charge in [0.2, 0.25) is 0 Å². The highest BCUT2D eigenvalue weighted by Crippen LogP contribution is 2.21. The number of rotatable bonds is 3. The minimum atomic E-state index is -0.555. The van der Waals surface area contributed by atoms with Crippen molar-refractivity contribution >= 4 is 33.4 Å². The van der Waals surface area contributed by atoms with E-state index in [4.69, 9.17) is 11.6 Å². The summed E-state index contributed by atoms with van der Waals surface area (Å²) in [4.78, 5) is 12.1. The molecule has 0 saturated carbocycles. The Morgan fingerprint density at radius 1 is 1.25 bits per heavy atom. The summed E-state index contributed by atoms with van der Waals surface area (Å²) in [5, 5.41) is 3.39. The number of carbonyl (C=O) groups excluding carboxylic acids is 1. The van der Waals surface area contributed by atoms with Crippen LogP contribution >= 0.6 is 27.5 Å². The monoisotopic (exact) mass is 355 g/mol. The Morgan fingerprint density at radius 3 is 2.50 bits per heavy atom. The Bertz CT molecular complexity index is 610. The molecule has 104 valence electrons. The molecule has 1 unspecified atom stereocenters. The molecule has 0 fully saturated rings. The Hall–Kier alpha value is -1.39. The maximum absolute atomic E-state index is 13.7. The Morgan fingerprint density at radius 2 is 1.90 bits per heavy atom. The van der Waals surface area contributed by atoms with Gasteiger partial charge in [0, 0.05) is 9.50 Å². The van der Waals surface area contributed by atoms with Crippen molar-refractivity contribution in [3.63, 3.8) is 0 Å². The molecule has 2 aromatic carbocycles. The molecule has 0 heterocycles. The van der Waals surface area contributed by atoms with Gasteiger partial charge in [0.1, 0.15) is 5.82 Å². The third-order valence-corrected chi connectivity index (χ3v) is 3.82. The van der Waals surface area contributed by atoms with Crippen LogP contribution in [0, 0.1) is 5.82 Å². The largest absolute Gasteiger partial charge is 0.345 e. The average Bonchev–Trinajstić information content (AvgIpc) is 2.39. The third kappa shape index (κ3) is 3.38. The molecule has 1 amide bonds. The molecule has 0 bridgehead atoms. The molecule has 1 N–H and O–H groups in total. The highest BCUT2D eigenvalue weighted by Gasteiger charge is 2.17. The maximum Gasteiger partial charge on any atom is 0.255 e. The van der Waals surface area contributed by atoms with Crippen LogP contribution in [-0.4, -0.2) is 5.91 Å². The fourth-order valence-corrected chi connectivity index (χ4v) is 2.47. The van der Waals surface area contributed by atoms with Crippen LogP contribution in [-0.2, 0) is 0 Å². The summed E-state index contributed by atoms with van der Waals surface area (Å²) in [7, 11) is 0. The predicted molar refractivity (Wildman–Crippen MR) is 81.4 cm³/mol. The lowest BCUT2D eigenvalue weighted by Gasteiger charge is -2.15. The summed E-state index contributed by atoms with van der Waals surface area (Å²) >= 11 is 9.00. The van der Waals surface area contributed by atoms with Gasteiger partial charge in [-0.1, -0.05) is 29.8 Å². The van der Waals surface area contributed by atoms with Crippen molar-refractivity contribution < 1.29 is 9.18 Å². The second kappa shape index (κ2) is 6.37. The van der Waals surface area contributed by atoms with E-state index in [9.17, 15) is 9.18 Å². The molecule has 2 nitrogen and oxygen atoms in total. The van der Waals surface area contributed by atoms with E-state index >= 15 is 0 Å². The molecular weight excluding hydrogens is 345 g/mol. The fourth-order valence-electron chi connectivity index (χ4n) is 1.82. The second-order valence-corrected chi connectivity index (χ2v) is 5.63. The minimum Gasteiger partial charge on any atom is -0.345 e. The van der Waals surface area contributed by atoms with E-state index in [2.05, 4.69) is 21.2 Å². The Balaban J connectivity index is 2.17. The molecular formula is C15H12BrClFNO. The maximum atomic E-state index is 13.7. The molecule has 20 heavy (non-hydrogen) atoms. The molecule has 0 aliphatic heterocycles. The molecule has 0 aromatic heterocycles. The first-order valence-corrected chi connectivity index (χ1v) is 7.16. The number of nitrogens with one attached hydrogen (secondary N) is 1. The van der Waals surface area contributed by atoms with E-state index in [0.717, 1.165) is 5.56 Å². The van der Waals surface area contributed by atoms with Gasteiger partial charge in [-0.3, -0.25) is 4.79 Å². The van der Waals surface area contributed by atoms with Gasteiger partial charge in [-0.15, -0.1) is 0 Å². The van der Waals surface area contributed by atoms with Crippen molar-refractivity contribution in [2.45, 2.75) is 13.0 Å². The lowest BCUT2D eigenvalue weighted by molar-refractivity contribution is 0.0935. The van der Waals surface area contributed by atoms with Crippen LogP contribution in [0.1, 0.15) is 28.9 Å². The summed E-state index contributed by atoms with van der Waals surface area (Å²) in [5.41, 5.74) is 0.906. The lowest BCUT2D eigenvalue weighted by atomic mass is 10.1. The smallest absolute Gasteiger partial charge is 0.255 e. The first-order chi connectivity index (χ1) is 9.49. The quantitative estimate of drug-likeness (QED) is 0.846. The van der Waals surface area contributed by atoms with Crippen LogP contribution < -0.4 is 5.32 Å². The molecule has 0 saturated heterocycles. The van der Waals surface area contributed by atoms with Crippen molar-refractivity contribution in [1.29, 1.82) is 0 Å². The summed E-state index contributed by atoms with van der Waals surface area (Å²) < 4.78 is 14.1. The molecule has 1 atom stereocenters.